The third kappa shape index (κ3) is 2.90. The van der Waals surface area contributed by atoms with Gasteiger partial charge < -0.3 is 10.2 Å². The van der Waals surface area contributed by atoms with Gasteiger partial charge in [-0.2, -0.15) is 0 Å². The number of nitrogens with zero attached hydrogens (tertiary/aromatic N) is 2. The minimum Gasteiger partial charge on any atom is -0.327 e. The van der Waals surface area contributed by atoms with Gasteiger partial charge in [-0.25, -0.2) is 9.37 Å². The molecule has 0 saturated heterocycles. The van der Waals surface area contributed by atoms with Gasteiger partial charge in [-0.05, 0) is 43.3 Å². The lowest BCUT2D eigenvalue weighted by Gasteiger charge is -2.21. The van der Waals surface area contributed by atoms with Crippen LogP contribution in [-0.4, -0.2) is 19.1 Å². The van der Waals surface area contributed by atoms with Crippen LogP contribution in [0, 0.1) is 12.7 Å². The van der Waals surface area contributed by atoms with Gasteiger partial charge in [-0.1, -0.05) is 12.1 Å². The van der Waals surface area contributed by atoms with Crippen molar-refractivity contribution < 1.29 is 4.39 Å². The minimum atomic E-state index is -0.245. The predicted octanol–water partition coefficient (Wildman–Crippen LogP) is 3.02. The monoisotopic (exact) mass is 259 g/mol. The summed E-state index contributed by atoms with van der Waals surface area (Å²) in [7, 11) is 3.72. The van der Waals surface area contributed by atoms with Gasteiger partial charge in [0.15, 0.2) is 0 Å². The molecule has 1 aromatic heterocycles. The summed E-state index contributed by atoms with van der Waals surface area (Å²) in [5.74, 6) is 0.524. The van der Waals surface area contributed by atoms with Crippen molar-refractivity contribution >= 4 is 11.5 Å². The van der Waals surface area contributed by atoms with Crippen LogP contribution in [0.25, 0.3) is 0 Å². The van der Waals surface area contributed by atoms with Gasteiger partial charge in [0.05, 0.1) is 5.69 Å². The molecule has 0 aliphatic carbocycles. The standard InChI is InChI=1S/C15H18FN3/c1-11-8-12(9-17-2)10-18-15(11)19(3)14-7-5-4-6-13(14)16/h4-8,10,17H,9H2,1-3H3. The molecular formula is C15H18FN3. The lowest BCUT2D eigenvalue weighted by atomic mass is 10.2. The average molecular weight is 259 g/mol. The maximum atomic E-state index is 13.8. The number of para-hydroxylation sites is 1. The summed E-state index contributed by atoms with van der Waals surface area (Å²) in [6.07, 6.45) is 1.82. The second-order valence-corrected chi connectivity index (χ2v) is 4.52. The first-order valence-electron chi connectivity index (χ1n) is 6.22. The first-order valence-corrected chi connectivity index (χ1v) is 6.22. The van der Waals surface area contributed by atoms with Crippen LogP contribution in [0.5, 0.6) is 0 Å². The van der Waals surface area contributed by atoms with Crippen molar-refractivity contribution in [2.75, 3.05) is 19.0 Å². The second-order valence-electron chi connectivity index (χ2n) is 4.52. The van der Waals surface area contributed by atoms with Gasteiger partial charge in [0, 0.05) is 19.8 Å². The number of pyridine rings is 1. The minimum absolute atomic E-state index is 0.245. The van der Waals surface area contributed by atoms with Crippen molar-refractivity contribution in [1.82, 2.24) is 10.3 Å². The van der Waals surface area contributed by atoms with Crippen molar-refractivity contribution in [3.8, 4) is 0 Å². The molecular weight excluding hydrogens is 241 g/mol. The van der Waals surface area contributed by atoms with E-state index in [-0.39, 0.29) is 5.82 Å². The Kier molecular flexibility index (Phi) is 4.12. The van der Waals surface area contributed by atoms with E-state index in [9.17, 15) is 4.39 Å². The van der Waals surface area contributed by atoms with E-state index < -0.39 is 0 Å². The van der Waals surface area contributed by atoms with Gasteiger partial charge in [-0.3, -0.25) is 0 Å². The Morgan fingerprint density at radius 1 is 1.32 bits per heavy atom. The Hall–Kier alpha value is -1.94. The summed E-state index contributed by atoms with van der Waals surface area (Å²) < 4.78 is 13.8. The summed E-state index contributed by atoms with van der Waals surface area (Å²) in [6, 6.07) is 8.77. The van der Waals surface area contributed by atoms with E-state index in [1.54, 1.807) is 17.0 Å². The zero-order chi connectivity index (χ0) is 13.8. The Morgan fingerprint density at radius 3 is 2.68 bits per heavy atom. The average Bonchev–Trinajstić information content (AvgIpc) is 2.39. The molecule has 2 aromatic rings. The highest BCUT2D eigenvalue weighted by Crippen LogP contribution is 2.27. The van der Waals surface area contributed by atoms with Crippen LogP contribution in [-0.2, 0) is 6.54 Å². The number of aryl methyl sites for hydroxylation is 1. The van der Waals surface area contributed by atoms with Gasteiger partial charge in [0.2, 0.25) is 0 Å². The van der Waals surface area contributed by atoms with Gasteiger partial charge in [0.25, 0.3) is 0 Å². The number of rotatable bonds is 4. The van der Waals surface area contributed by atoms with Crippen molar-refractivity contribution in [2.24, 2.45) is 0 Å². The van der Waals surface area contributed by atoms with E-state index in [2.05, 4.69) is 16.4 Å². The summed E-state index contributed by atoms with van der Waals surface area (Å²) >= 11 is 0. The van der Waals surface area contributed by atoms with Crippen molar-refractivity contribution in [2.45, 2.75) is 13.5 Å². The molecule has 0 aliphatic rings. The lowest BCUT2D eigenvalue weighted by Crippen LogP contribution is -2.15. The van der Waals surface area contributed by atoms with E-state index in [4.69, 9.17) is 0 Å². The molecule has 4 heteroatoms. The normalized spacial score (nSPS) is 10.5. The predicted molar refractivity (Wildman–Crippen MR) is 76.2 cm³/mol. The molecule has 19 heavy (non-hydrogen) atoms. The Morgan fingerprint density at radius 2 is 2.05 bits per heavy atom. The van der Waals surface area contributed by atoms with Crippen LogP contribution in [0.3, 0.4) is 0 Å². The molecule has 2 rings (SSSR count). The van der Waals surface area contributed by atoms with Crippen LogP contribution in [0.1, 0.15) is 11.1 Å². The van der Waals surface area contributed by atoms with Gasteiger partial charge >= 0.3 is 0 Å². The van der Waals surface area contributed by atoms with E-state index in [1.165, 1.54) is 6.07 Å². The van der Waals surface area contributed by atoms with E-state index >= 15 is 0 Å². The highest BCUT2D eigenvalue weighted by atomic mass is 19.1. The number of halogens is 1. The fraction of sp³-hybridized carbons (Fsp3) is 0.267. The topological polar surface area (TPSA) is 28.2 Å². The Bertz CT molecular complexity index is 569. The first kappa shape index (κ1) is 13.5. The molecule has 0 fully saturated rings. The quantitative estimate of drug-likeness (QED) is 0.914. The number of nitrogens with one attached hydrogen (secondary N) is 1. The highest BCUT2D eigenvalue weighted by Gasteiger charge is 2.12. The molecule has 100 valence electrons. The van der Waals surface area contributed by atoms with Crippen LogP contribution in [0.2, 0.25) is 0 Å². The number of benzene rings is 1. The van der Waals surface area contributed by atoms with Gasteiger partial charge in [-0.15, -0.1) is 0 Å². The Balaban J connectivity index is 2.34. The molecule has 0 unspecified atom stereocenters. The fourth-order valence-corrected chi connectivity index (χ4v) is 2.12. The Labute approximate surface area is 113 Å². The first-order chi connectivity index (χ1) is 9.13. The van der Waals surface area contributed by atoms with Crippen molar-refractivity contribution in [3.05, 3.63) is 53.5 Å². The summed E-state index contributed by atoms with van der Waals surface area (Å²) in [5.41, 5.74) is 2.67. The molecule has 1 N–H and O–H groups in total. The van der Waals surface area contributed by atoms with Crippen molar-refractivity contribution in [3.63, 3.8) is 0 Å². The molecule has 0 atom stereocenters. The fourth-order valence-electron chi connectivity index (χ4n) is 2.12. The molecule has 0 bridgehead atoms. The van der Waals surface area contributed by atoms with Crippen LogP contribution in [0.4, 0.5) is 15.9 Å². The molecule has 0 saturated carbocycles. The van der Waals surface area contributed by atoms with E-state index in [0.29, 0.717) is 5.69 Å². The zero-order valence-corrected chi connectivity index (χ0v) is 11.4. The van der Waals surface area contributed by atoms with E-state index in [0.717, 1.165) is 23.5 Å². The maximum Gasteiger partial charge on any atom is 0.146 e. The smallest absolute Gasteiger partial charge is 0.146 e. The summed E-state index contributed by atoms with van der Waals surface area (Å²) in [4.78, 5) is 6.21. The largest absolute Gasteiger partial charge is 0.327 e. The molecule has 1 heterocycles. The molecule has 0 radical (unpaired) electrons. The number of aromatic nitrogens is 1. The molecule has 1 aromatic carbocycles. The number of anilines is 2. The molecule has 0 aliphatic heterocycles. The molecule has 3 nitrogen and oxygen atoms in total. The zero-order valence-electron chi connectivity index (χ0n) is 11.4. The van der Waals surface area contributed by atoms with Crippen LogP contribution >= 0.6 is 0 Å². The number of hydrogen-bond acceptors (Lipinski definition) is 3. The third-order valence-corrected chi connectivity index (χ3v) is 3.02. The van der Waals surface area contributed by atoms with Crippen molar-refractivity contribution in [1.29, 1.82) is 0 Å². The van der Waals surface area contributed by atoms with E-state index in [1.807, 2.05) is 33.3 Å². The second kappa shape index (κ2) is 5.80. The van der Waals surface area contributed by atoms with Gasteiger partial charge in [0.1, 0.15) is 11.6 Å². The summed E-state index contributed by atoms with van der Waals surface area (Å²) in [6.45, 7) is 2.76. The lowest BCUT2D eigenvalue weighted by molar-refractivity contribution is 0.627. The summed E-state index contributed by atoms with van der Waals surface area (Å²) in [5, 5.41) is 3.09. The number of hydrogen-bond donors (Lipinski definition) is 1. The molecule has 0 amide bonds. The highest BCUT2D eigenvalue weighted by molar-refractivity contribution is 5.62. The SMILES string of the molecule is CNCc1cnc(N(C)c2ccccc2F)c(C)c1. The van der Waals surface area contributed by atoms with Crippen LogP contribution in [0.15, 0.2) is 36.5 Å². The maximum absolute atomic E-state index is 13.8. The third-order valence-electron chi connectivity index (χ3n) is 3.02. The van der Waals surface area contributed by atoms with Crippen LogP contribution < -0.4 is 10.2 Å². The molecule has 0 spiro atoms.